The van der Waals surface area contributed by atoms with Gasteiger partial charge in [0.15, 0.2) is 5.78 Å². The SMILES string of the molecule is COc1ccccc1C(=O)N1CCN(Cc2nc3c(s2)C(=O)CCC3)CC1. The smallest absolute Gasteiger partial charge is 0.257 e. The maximum atomic E-state index is 12.8. The molecule has 1 aliphatic carbocycles. The van der Waals surface area contributed by atoms with Gasteiger partial charge in [-0.1, -0.05) is 12.1 Å². The fourth-order valence-electron chi connectivity index (χ4n) is 3.68. The van der Waals surface area contributed by atoms with Crippen LogP contribution < -0.4 is 4.74 Å². The second kappa shape index (κ2) is 7.78. The number of amides is 1. The zero-order chi connectivity index (χ0) is 18.8. The third kappa shape index (κ3) is 3.75. The number of Topliss-reactive ketones (excluding diaryl/α,β-unsaturated/α-hetero) is 1. The summed E-state index contributed by atoms with van der Waals surface area (Å²) >= 11 is 1.55. The van der Waals surface area contributed by atoms with Crippen molar-refractivity contribution in [3.8, 4) is 5.75 Å². The monoisotopic (exact) mass is 385 g/mol. The Hall–Kier alpha value is -2.25. The van der Waals surface area contributed by atoms with E-state index in [1.807, 2.05) is 29.2 Å². The molecule has 1 fully saturated rings. The topological polar surface area (TPSA) is 62.7 Å². The molecule has 0 radical (unpaired) electrons. The van der Waals surface area contributed by atoms with Crippen LogP contribution in [0.4, 0.5) is 0 Å². The van der Waals surface area contributed by atoms with Crippen LogP contribution >= 0.6 is 11.3 Å². The van der Waals surface area contributed by atoms with Crippen molar-refractivity contribution in [3.63, 3.8) is 0 Å². The molecule has 1 saturated heterocycles. The molecule has 0 atom stereocenters. The zero-order valence-corrected chi connectivity index (χ0v) is 16.3. The number of thiazole rings is 1. The van der Waals surface area contributed by atoms with Crippen molar-refractivity contribution in [2.75, 3.05) is 33.3 Å². The minimum Gasteiger partial charge on any atom is -0.496 e. The summed E-state index contributed by atoms with van der Waals surface area (Å²) in [7, 11) is 1.59. The molecule has 0 bridgehead atoms. The quantitative estimate of drug-likeness (QED) is 0.810. The van der Waals surface area contributed by atoms with Crippen molar-refractivity contribution >= 4 is 23.0 Å². The van der Waals surface area contributed by atoms with Gasteiger partial charge in [0.05, 0.1) is 29.8 Å². The van der Waals surface area contributed by atoms with Crippen LogP contribution in [-0.4, -0.2) is 59.8 Å². The average molecular weight is 385 g/mol. The number of para-hydroxylation sites is 1. The van der Waals surface area contributed by atoms with Gasteiger partial charge < -0.3 is 9.64 Å². The van der Waals surface area contributed by atoms with Crippen LogP contribution in [0.5, 0.6) is 5.75 Å². The summed E-state index contributed by atoms with van der Waals surface area (Å²) in [5, 5.41) is 1.01. The maximum absolute atomic E-state index is 12.8. The summed E-state index contributed by atoms with van der Waals surface area (Å²) in [4.78, 5) is 34.5. The lowest BCUT2D eigenvalue weighted by atomic mass is 10.0. The lowest BCUT2D eigenvalue weighted by molar-refractivity contribution is 0.0625. The molecular formula is C20H23N3O3S. The van der Waals surface area contributed by atoms with Gasteiger partial charge in [-0.05, 0) is 25.0 Å². The summed E-state index contributed by atoms with van der Waals surface area (Å²) < 4.78 is 5.31. The Morgan fingerprint density at radius 3 is 2.70 bits per heavy atom. The van der Waals surface area contributed by atoms with Gasteiger partial charge in [-0.3, -0.25) is 14.5 Å². The molecule has 2 aromatic rings. The van der Waals surface area contributed by atoms with Crippen LogP contribution in [0.1, 0.15) is 43.6 Å². The first-order valence-corrected chi connectivity index (χ1v) is 10.1. The Bertz CT molecular complexity index is 856. The molecule has 142 valence electrons. The largest absolute Gasteiger partial charge is 0.496 e. The van der Waals surface area contributed by atoms with Crippen LogP contribution in [-0.2, 0) is 13.0 Å². The van der Waals surface area contributed by atoms with Gasteiger partial charge in [-0.25, -0.2) is 4.98 Å². The van der Waals surface area contributed by atoms with Gasteiger partial charge >= 0.3 is 0 Å². The van der Waals surface area contributed by atoms with E-state index in [9.17, 15) is 9.59 Å². The van der Waals surface area contributed by atoms with Gasteiger partial charge in [0.1, 0.15) is 10.8 Å². The number of fused-ring (bicyclic) bond motifs is 1. The Morgan fingerprint density at radius 2 is 1.96 bits per heavy atom. The number of hydrogen-bond donors (Lipinski definition) is 0. The van der Waals surface area contributed by atoms with Gasteiger partial charge in [-0.2, -0.15) is 0 Å². The molecule has 1 aromatic carbocycles. The zero-order valence-electron chi connectivity index (χ0n) is 15.4. The Kier molecular flexibility index (Phi) is 5.22. The van der Waals surface area contributed by atoms with Gasteiger partial charge in [0.2, 0.25) is 0 Å². The number of aryl methyl sites for hydroxylation is 1. The molecule has 6 nitrogen and oxygen atoms in total. The number of nitrogens with zero attached hydrogens (tertiary/aromatic N) is 3. The molecule has 1 aliphatic heterocycles. The summed E-state index contributed by atoms with van der Waals surface area (Å²) in [6, 6.07) is 7.35. The first kappa shape index (κ1) is 18.1. The predicted octanol–water partition coefficient (Wildman–Crippen LogP) is 2.63. The van der Waals surface area contributed by atoms with Gasteiger partial charge in [0, 0.05) is 32.6 Å². The van der Waals surface area contributed by atoms with E-state index in [2.05, 4.69) is 9.88 Å². The Morgan fingerprint density at radius 1 is 1.19 bits per heavy atom. The molecule has 0 N–H and O–H groups in total. The average Bonchev–Trinajstić information content (AvgIpc) is 3.12. The molecule has 2 aliphatic rings. The standard InChI is InChI=1S/C20H23N3O3S/c1-26-17-8-3-2-5-14(17)20(25)23-11-9-22(10-12-23)13-18-21-15-6-4-7-16(24)19(15)27-18/h2-3,5,8H,4,6-7,9-13H2,1H3. The highest BCUT2D eigenvalue weighted by molar-refractivity contribution is 7.13. The van der Waals surface area contributed by atoms with E-state index in [4.69, 9.17) is 4.74 Å². The molecule has 27 heavy (non-hydrogen) atoms. The summed E-state index contributed by atoms with van der Waals surface area (Å²) in [5.74, 6) is 0.873. The summed E-state index contributed by atoms with van der Waals surface area (Å²) in [6.07, 6.45) is 2.48. The van der Waals surface area contributed by atoms with Gasteiger partial charge in [0.25, 0.3) is 5.91 Å². The minimum absolute atomic E-state index is 0.0161. The number of aromatic nitrogens is 1. The highest BCUT2D eigenvalue weighted by Crippen LogP contribution is 2.28. The fraction of sp³-hybridized carbons (Fsp3) is 0.450. The number of hydrogen-bond acceptors (Lipinski definition) is 6. The molecule has 2 heterocycles. The highest BCUT2D eigenvalue weighted by atomic mass is 32.1. The second-order valence-electron chi connectivity index (χ2n) is 6.93. The molecule has 1 aromatic heterocycles. The first-order valence-electron chi connectivity index (χ1n) is 9.32. The normalized spacial score (nSPS) is 17.7. The Balaban J connectivity index is 1.37. The molecular weight excluding hydrogens is 362 g/mol. The molecule has 0 unspecified atom stereocenters. The number of carbonyl (C=O) groups is 2. The lowest BCUT2D eigenvalue weighted by Gasteiger charge is -2.34. The second-order valence-corrected chi connectivity index (χ2v) is 8.01. The number of ether oxygens (including phenoxy) is 1. The van der Waals surface area contributed by atoms with Gasteiger partial charge in [-0.15, -0.1) is 11.3 Å². The van der Waals surface area contributed by atoms with E-state index >= 15 is 0 Å². The van der Waals surface area contributed by atoms with Crippen molar-refractivity contribution < 1.29 is 14.3 Å². The van der Waals surface area contributed by atoms with Crippen molar-refractivity contribution in [2.45, 2.75) is 25.8 Å². The van der Waals surface area contributed by atoms with Crippen LogP contribution in [0.2, 0.25) is 0 Å². The van der Waals surface area contributed by atoms with Crippen LogP contribution in [0.15, 0.2) is 24.3 Å². The molecule has 7 heteroatoms. The first-order chi connectivity index (χ1) is 13.2. The Labute approximate surface area is 162 Å². The van der Waals surface area contributed by atoms with Crippen molar-refractivity contribution in [1.82, 2.24) is 14.8 Å². The number of methoxy groups -OCH3 is 1. The highest BCUT2D eigenvalue weighted by Gasteiger charge is 2.26. The number of rotatable bonds is 4. The number of piperazine rings is 1. The number of ketones is 1. The van der Waals surface area contributed by atoms with E-state index in [1.165, 1.54) is 0 Å². The van der Waals surface area contributed by atoms with Crippen LogP contribution in [0.3, 0.4) is 0 Å². The van der Waals surface area contributed by atoms with E-state index < -0.39 is 0 Å². The van der Waals surface area contributed by atoms with Crippen molar-refractivity contribution in [3.05, 3.63) is 45.4 Å². The summed E-state index contributed by atoms with van der Waals surface area (Å²) in [6.45, 7) is 3.72. The van der Waals surface area contributed by atoms with Crippen molar-refractivity contribution in [1.29, 1.82) is 0 Å². The number of benzene rings is 1. The van der Waals surface area contributed by atoms with Crippen LogP contribution in [0, 0.1) is 0 Å². The molecule has 1 amide bonds. The molecule has 0 saturated carbocycles. The summed E-state index contributed by atoms with van der Waals surface area (Å²) in [5.41, 5.74) is 1.59. The van der Waals surface area contributed by atoms with Crippen molar-refractivity contribution in [2.24, 2.45) is 0 Å². The third-order valence-electron chi connectivity index (χ3n) is 5.17. The minimum atomic E-state index is 0.0161. The van der Waals surface area contributed by atoms with E-state index in [0.29, 0.717) is 30.8 Å². The third-order valence-corrected chi connectivity index (χ3v) is 6.29. The molecule has 4 rings (SSSR count). The maximum Gasteiger partial charge on any atom is 0.257 e. The van der Waals surface area contributed by atoms with E-state index in [-0.39, 0.29) is 11.7 Å². The molecule has 0 spiro atoms. The number of carbonyl (C=O) groups excluding carboxylic acids is 2. The lowest BCUT2D eigenvalue weighted by Crippen LogP contribution is -2.48. The van der Waals surface area contributed by atoms with Crippen LogP contribution in [0.25, 0.3) is 0 Å². The van der Waals surface area contributed by atoms with E-state index in [0.717, 1.165) is 48.1 Å². The predicted molar refractivity (Wildman–Crippen MR) is 104 cm³/mol. The van der Waals surface area contributed by atoms with E-state index in [1.54, 1.807) is 18.4 Å². The fourth-order valence-corrected chi connectivity index (χ4v) is 4.80.